The second kappa shape index (κ2) is 10.2. The number of nitrogens with one attached hydrogen (secondary N) is 3. The largest absolute Gasteiger partial charge is 0.444 e. The van der Waals surface area contributed by atoms with Crippen LogP contribution in [0, 0.1) is 0 Å². The van der Waals surface area contributed by atoms with Gasteiger partial charge in [0.2, 0.25) is 0 Å². The zero-order valence-electron chi connectivity index (χ0n) is 18.0. The standard InChI is InChI=1S/C22H29N3O4S/c1-6-9-14(2)23-19(26)17-12-13-18(30-17)20(27)24-15-10-7-8-11-16(15)25-21(28)29-22(3,4)5/h7-8,10-14H,6,9H2,1-5H3,(H,23,26)(H,24,27)(H,25,28). The highest BCUT2D eigenvalue weighted by Gasteiger charge is 2.19. The van der Waals surface area contributed by atoms with Crippen molar-refractivity contribution in [2.75, 3.05) is 10.6 Å². The van der Waals surface area contributed by atoms with Gasteiger partial charge in [0.05, 0.1) is 21.1 Å². The number of amides is 3. The third-order valence-corrected chi connectivity index (χ3v) is 5.05. The Kier molecular flexibility index (Phi) is 8.00. The van der Waals surface area contributed by atoms with Crippen molar-refractivity contribution in [3.63, 3.8) is 0 Å². The van der Waals surface area contributed by atoms with Crippen LogP contribution in [0.25, 0.3) is 0 Å². The van der Waals surface area contributed by atoms with Crippen molar-refractivity contribution in [1.82, 2.24) is 5.32 Å². The molecule has 1 heterocycles. The molecular formula is C22H29N3O4S. The Balaban J connectivity index is 2.06. The molecule has 3 amide bonds. The van der Waals surface area contributed by atoms with Gasteiger partial charge in [0, 0.05) is 6.04 Å². The van der Waals surface area contributed by atoms with E-state index in [2.05, 4.69) is 22.9 Å². The summed E-state index contributed by atoms with van der Waals surface area (Å²) in [6.07, 6.45) is 1.27. The van der Waals surface area contributed by atoms with Crippen LogP contribution in [0.5, 0.6) is 0 Å². The maximum absolute atomic E-state index is 12.7. The normalized spacial score (nSPS) is 12.0. The highest BCUT2D eigenvalue weighted by Crippen LogP contribution is 2.24. The third kappa shape index (κ3) is 7.18. The molecule has 0 fully saturated rings. The van der Waals surface area contributed by atoms with Crippen molar-refractivity contribution in [1.29, 1.82) is 0 Å². The molecule has 162 valence electrons. The van der Waals surface area contributed by atoms with Crippen molar-refractivity contribution in [3.8, 4) is 0 Å². The molecule has 0 bridgehead atoms. The quantitative estimate of drug-likeness (QED) is 0.557. The van der Waals surface area contributed by atoms with Gasteiger partial charge in [-0.2, -0.15) is 0 Å². The molecule has 1 aromatic heterocycles. The Morgan fingerprint density at radius 2 is 1.53 bits per heavy atom. The molecule has 0 aliphatic heterocycles. The maximum Gasteiger partial charge on any atom is 0.412 e. The molecule has 1 atom stereocenters. The van der Waals surface area contributed by atoms with Gasteiger partial charge < -0.3 is 15.4 Å². The Labute approximate surface area is 181 Å². The molecule has 3 N–H and O–H groups in total. The highest BCUT2D eigenvalue weighted by atomic mass is 32.1. The molecule has 0 aliphatic rings. The van der Waals surface area contributed by atoms with Crippen LogP contribution in [0.2, 0.25) is 0 Å². The Morgan fingerprint density at radius 1 is 0.967 bits per heavy atom. The van der Waals surface area contributed by atoms with Crippen LogP contribution in [0.15, 0.2) is 36.4 Å². The highest BCUT2D eigenvalue weighted by molar-refractivity contribution is 7.16. The van der Waals surface area contributed by atoms with Gasteiger partial charge in [0.1, 0.15) is 5.60 Å². The fraction of sp³-hybridized carbons (Fsp3) is 0.409. The number of para-hydroxylation sites is 2. The number of anilines is 2. The molecule has 0 aliphatic carbocycles. The molecule has 2 rings (SSSR count). The first-order valence-corrected chi connectivity index (χ1v) is 10.7. The Hall–Kier alpha value is -2.87. The summed E-state index contributed by atoms with van der Waals surface area (Å²) in [6.45, 7) is 9.33. The molecule has 2 aromatic rings. The second-order valence-corrected chi connectivity index (χ2v) is 9.04. The predicted molar refractivity (Wildman–Crippen MR) is 120 cm³/mol. The third-order valence-electron chi connectivity index (χ3n) is 3.96. The van der Waals surface area contributed by atoms with E-state index in [1.165, 1.54) is 0 Å². The number of carbonyl (C=O) groups excluding carboxylic acids is 3. The number of hydrogen-bond donors (Lipinski definition) is 3. The summed E-state index contributed by atoms with van der Waals surface area (Å²) in [7, 11) is 0. The number of ether oxygens (including phenoxy) is 1. The predicted octanol–water partition coefficient (Wildman–Crippen LogP) is 5.27. The van der Waals surface area contributed by atoms with E-state index in [1.54, 1.807) is 57.2 Å². The lowest BCUT2D eigenvalue weighted by atomic mass is 10.2. The first kappa shape index (κ1) is 23.4. The van der Waals surface area contributed by atoms with Crippen LogP contribution in [-0.4, -0.2) is 29.6 Å². The summed E-state index contributed by atoms with van der Waals surface area (Å²) in [5, 5.41) is 8.35. The SMILES string of the molecule is CCCC(C)NC(=O)c1ccc(C(=O)Nc2ccccc2NC(=O)OC(C)(C)C)s1. The molecule has 1 aromatic carbocycles. The summed E-state index contributed by atoms with van der Waals surface area (Å²) in [5.74, 6) is -0.550. The van der Waals surface area contributed by atoms with Crippen LogP contribution in [-0.2, 0) is 4.74 Å². The smallest absolute Gasteiger partial charge is 0.412 e. The van der Waals surface area contributed by atoms with Gasteiger partial charge in [-0.15, -0.1) is 11.3 Å². The summed E-state index contributed by atoms with van der Waals surface area (Å²) in [6, 6.07) is 10.2. The minimum absolute atomic E-state index is 0.0766. The van der Waals surface area contributed by atoms with E-state index in [-0.39, 0.29) is 17.9 Å². The first-order valence-electron chi connectivity index (χ1n) is 9.90. The molecule has 8 heteroatoms. The lowest BCUT2D eigenvalue weighted by molar-refractivity contribution is 0.0635. The van der Waals surface area contributed by atoms with Gasteiger partial charge in [-0.3, -0.25) is 14.9 Å². The molecule has 0 saturated carbocycles. The number of rotatable bonds is 7. The zero-order chi connectivity index (χ0) is 22.3. The fourth-order valence-electron chi connectivity index (χ4n) is 2.68. The molecule has 0 radical (unpaired) electrons. The van der Waals surface area contributed by atoms with Crippen LogP contribution in [0.1, 0.15) is 66.8 Å². The van der Waals surface area contributed by atoms with E-state index < -0.39 is 11.7 Å². The lowest BCUT2D eigenvalue weighted by Crippen LogP contribution is -2.31. The number of hydrogen-bond acceptors (Lipinski definition) is 5. The van der Waals surface area contributed by atoms with Crippen LogP contribution >= 0.6 is 11.3 Å². The van der Waals surface area contributed by atoms with Gasteiger partial charge >= 0.3 is 6.09 Å². The van der Waals surface area contributed by atoms with E-state index in [0.717, 1.165) is 24.2 Å². The van der Waals surface area contributed by atoms with E-state index in [9.17, 15) is 14.4 Å². The maximum atomic E-state index is 12.7. The van der Waals surface area contributed by atoms with Crippen LogP contribution < -0.4 is 16.0 Å². The molecule has 0 spiro atoms. The average molecular weight is 432 g/mol. The fourth-order valence-corrected chi connectivity index (χ4v) is 3.49. The second-order valence-electron chi connectivity index (χ2n) is 7.95. The van der Waals surface area contributed by atoms with Crippen molar-refractivity contribution in [2.45, 2.75) is 59.1 Å². The lowest BCUT2D eigenvalue weighted by Gasteiger charge is -2.20. The molecular weight excluding hydrogens is 402 g/mol. The number of thiophene rings is 1. The van der Waals surface area contributed by atoms with Crippen LogP contribution in [0.3, 0.4) is 0 Å². The topological polar surface area (TPSA) is 96.5 Å². The van der Waals surface area contributed by atoms with Gasteiger partial charge in [-0.25, -0.2) is 4.79 Å². The number of benzene rings is 1. The zero-order valence-corrected chi connectivity index (χ0v) is 18.8. The molecule has 7 nitrogen and oxygen atoms in total. The van der Waals surface area contributed by atoms with Crippen molar-refractivity contribution in [2.24, 2.45) is 0 Å². The van der Waals surface area contributed by atoms with Crippen molar-refractivity contribution < 1.29 is 19.1 Å². The summed E-state index contributed by atoms with van der Waals surface area (Å²) < 4.78 is 5.26. The summed E-state index contributed by atoms with van der Waals surface area (Å²) in [4.78, 5) is 37.9. The Morgan fingerprint density at radius 3 is 2.10 bits per heavy atom. The first-order chi connectivity index (χ1) is 14.1. The van der Waals surface area contributed by atoms with Crippen molar-refractivity contribution in [3.05, 3.63) is 46.2 Å². The van der Waals surface area contributed by atoms with E-state index in [4.69, 9.17) is 4.74 Å². The molecule has 0 saturated heterocycles. The van der Waals surface area contributed by atoms with E-state index >= 15 is 0 Å². The van der Waals surface area contributed by atoms with Gasteiger partial charge in [-0.05, 0) is 58.4 Å². The van der Waals surface area contributed by atoms with Crippen molar-refractivity contribution >= 4 is 40.6 Å². The number of carbonyl (C=O) groups is 3. The average Bonchev–Trinajstić information content (AvgIpc) is 3.12. The Bertz CT molecular complexity index is 902. The van der Waals surface area contributed by atoms with E-state index in [0.29, 0.717) is 21.1 Å². The van der Waals surface area contributed by atoms with E-state index in [1.807, 2.05) is 6.92 Å². The molecule has 1 unspecified atom stereocenters. The van der Waals surface area contributed by atoms with Gasteiger partial charge in [0.15, 0.2) is 0 Å². The monoisotopic (exact) mass is 431 g/mol. The summed E-state index contributed by atoms with van der Waals surface area (Å²) >= 11 is 1.12. The van der Waals surface area contributed by atoms with Gasteiger partial charge in [0.25, 0.3) is 11.8 Å². The molecule has 30 heavy (non-hydrogen) atoms. The van der Waals surface area contributed by atoms with Crippen LogP contribution in [0.4, 0.5) is 16.2 Å². The minimum atomic E-state index is -0.634. The van der Waals surface area contributed by atoms with Gasteiger partial charge in [-0.1, -0.05) is 25.5 Å². The summed E-state index contributed by atoms with van der Waals surface area (Å²) in [5.41, 5.74) is 0.220. The minimum Gasteiger partial charge on any atom is -0.444 e.